The molecule has 1 aliphatic rings. The number of nitrogens with zero attached hydrogens (tertiary/aromatic N) is 3. The molecule has 1 aromatic carbocycles. The summed E-state index contributed by atoms with van der Waals surface area (Å²) in [6, 6.07) is 7.97. The lowest BCUT2D eigenvalue weighted by atomic mass is 10.2. The van der Waals surface area contributed by atoms with E-state index < -0.39 is 0 Å². The largest absolute Gasteiger partial charge is 0.378 e. The minimum Gasteiger partial charge on any atom is -0.378 e. The first-order valence-electron chi connectivity index (χ1n) is 9.69. The highest BCUT2D eigenvalue weighted by atomic mass is 16.5. The van der Waals surface area contributed by atoms with Crippen LogP contribution in [-0.2, 0) is 27.3 Å². The van der Waals surface area contributed by atoms with Gasteiger partial charge in [0, 0.05) is 33.0 Å². The lowest BCUT2D eigenvalue weighted by Gasteiger charge is -2.27. The molecule has 146 valence electrons. The number of morpholine rings is 1. The van der Waals surface area contributed by atoms with Gasteiger partial charge in [-0.15, -0.1) is 0 Å². The Morgan fingerprint density at radius 2 is 1.93 bits per heavy atom. The number of nitrogens with one attached hydrogen (secondary N) is 1. The number of hydrogen-bond donors (Lipinski definition) is 1. The van der Waals surface area contributed by atoms with Crippen LogP contribution in [-0.4, -0.2) is 59.1 Å². The lowest BCUT2D eigenvalue weighted by Crippen LogP contribution is -2.42. The van der Waals surface area contributed by atoms with Crippen molar-refractivity contribution in [2.45, 2.75) is 39.2 Å². The van der Waals surface area contributed by atoms with E-state index in [0.717, 1.165) is 42.5 Å². The highest BCUT2D eigenvalue weighted by Crippen LogP contribution is 2.18. The Morgan fingerprint density at radius 1 is 1.15 bits per heavy atom. The molecule has 0 spiro atoms. The average Bonchev–Trinajstić information content (AvgIpc) is 3.02. The molecule has 2 amide bonds. The van der Waals surface area contributed by atoms with E-state index in [1.807, 2.05) is 29.2 Å². The van der Waals surface area contributed by atoms with Crippen molar-refractivity contribution >= 4 is 22.8 Å². The predicted octanol–water partition coefficient (Wildman–Crippen LogP) is 1.74. The van der Waals surface area contributed by atoms with Gasteiger partial charge >= 0.3 is 0 Å². The molecule has 1 aliphatic heterocycles. The van der Waals surface area contributed by atoms with E-state index in [2.05, 4.69) is 9.88 Å². The van der Waals surface area contributed by atoms with Crippen molar-refractivity contribution in [2.24, 2.45) is 0 Å². The number of para-hydroxylation sites is 2. The van der Waals surface area contributed by atoms with Gasteiger partial charge in [0.15, 0.2) is 0 Å². The first-order valence-corrected chi connectivity index (χ1v) is 9.69. The summed E-state index contributed by atoms with van der Waals surface area (Å²) in [5.74, 6) is 1.09. The summed E-state index contributed by atoms with van der Waals surface area (Å²) in [7, 11) is 0. The summed E-state index contributed by atoms with van der Waals surface area (Å²) in [6.07, 6.45) is 3.77. The van der Waals surface area contributed by atoms with Crippen LogP contribution in [0.1, 0.15) is 32.0 Å². The Morgan fingerprint density at radius 3 is 2.70 bits per heavy atom. The third-order valence-corrected chi connectivity index (χ3v) is 4.84. The second-order valence-corrected chi connectivity index (χ2v) is 6.89. The van der Waals surface area contributed by atoms with Crippen LogP contribution in [0.25, 0.3) is 11.0 Å². The summed E-state index contributed by atoms with van der Waals surface area (Å²) in [5.41, 5.74) is 1.94. The van der Waals surface area contributed by atoms with Gasteiger partial charge in [0.25, 0.3) is 0 Å². The van der Waals surface area contributed by atoms with E-state index in [9.17, 15) is 9.59 Å². The number of carbonyl (C=O) groups excluding carboxylic acids is 2. The summed E-state index contributed by atoms with van der Waals surface area (Å²) in [4.78, 5) is 30.3. The number of aromatic nitrogens is 2. The number of hydrogen-bond acceptors (Lipinski definition) is 4. The third-order valence-electron chi connectivity index (χ3n) is 4.84. The number of amides is 2. The van der Waals surface area contributed by atoms with Crippen LogP contribution in [0.4, 0.5) is 0 Å². The molecule has 0 atom stereocenters. The average molecular weight is 372 g/mol. The number of unbranched alkanes of at least 4 members (excludes halogenated alkanes) is 2. The number of ether oxygens (including phenoxy) is 1. The molecule has 1 saturated heterocycles. The minimum absolute atomic E-state index is 0.0124. The van der Waals surface area contributed by atoms with E-state index in [1.165, 1.54) is 6.92 Å². The maximum Gasteiger partial charge on any atom is 0.242 e. The van der Waals surface area contributed by atoms with Gasteiger partial charge in [0.1, 0.15) is 12.4 Å². The van der Waals surface area contributed by atoms with Crippen molar-refractivity contribution in [3.8, 4) is 0 Å². The quantitative estimate of drug-likeness (QED) is 0.716. The molecule has 0 unspecified atom stereocenters. The van der Waals surface area contributed by atoms with Crippen LogP contribution in [0.5, 0.6) is 0 Å². The molecule has 27 heavy (non-hydrogen) atoms. The second-order valence-electron chi connectivity index (χ2n) is 6.89. The highest BCUT2D eigenvalue weighted by molar-refractivity contribution is 5.81. The van der Waals surface area contributed by atoms with Gasteiger partial charge < -0.3 is 19.5 Å². The zero-order valence-corrected chi connectivity index (χ0v) is 15.9. The number of rotatable bonds is 8. The van der Waals surface area contributed by atoms with Crippen LogP contribution in [0, 0.1) is 0 Å². The SMILES string of the molecule is CC(=O)NCCCCCc1nc2ccccc2n1CC(=O)N1CCOCC1. The molecule has 7 heteroatoms. The minimum atomic E-state index is 0.0124. The standard InChI is InChI=1S/C20H28N4O3/c1-16(25)21-10-6-2-3-9-19-22-17-7-4-5-8-18(17)24(19)15-20(26)23-11-13-27-14-12-23/h4-5,7-8H,2-3,6,9-15H2,1H3,(H,21,25). The summed E-state index contributed by atoms with van der Waals surface area (Å²) >= 11 is 0. The van der Waals surface area contributed by atoms with E-state index in [-0.39, 0.29) is 11.8 Å². The fourth-order valence-electron chi connectivity index (χ4n) is 3.39. The van der Waals surface area contributed by atoms with Gasteiger partial charge in [-0.2, -0.15) is 0 Å². The maximum atomic E-state index is 12.7. The molecule has 0 saturated carbocycles. The van der Waals surface area contributed by atoms with Gasteiger partial charge in [-0.3, -0.25) is 9.59 Å². The van der Waals surface area contributed by atoms with Gasteiger partial charge in [0.2, 0.25) is 11.8 Å². The zero-order chi connectivity index (χ0) is 19.1. The van der Waals surface area contributed by atoms with Crippen molar-refractivity contribution in [1.29, 1.82) is 0 Å². The van der Waals surface area contributed by atoms with E-state index >= 15 is 0 Å². The van der Waals surface area contributed by atoms with Crippen LogP contribution >= 0.6 is 0 Å². The molecule has 0 bridgehead atoms. The van der Waals surface area contributed by atoms with Crippen molar-refractivity contribution < 1.29 is 14.3 Å². The van der Waals surface area contributed by atoms with Crippen molar-refractivity contribution in [1.82, 2.24) is 19.8 Å². The van der Waals surface area contributed by atoms with Gasteiger partial charge in [-0.1, -0.05) is 18.6 Å². The molecule has 2 aromatic rings. The molecule has 2 heterocycles. The van der Waals surface area contributed by atoms with Gasteiger partial charge in [-0.25, -0.2) is 4.98 Å². The second kappa shape index (κ2) is 9.50. The highest BCUT2D eigenvalue weighted by Gasteiger charge is 2.20. The normalized spacial score (nSPS) is 14.5. The molecular formula is C20H28N4O3. The van der Waals surface area contributed by atoms with Crippen molar-refractivity contribution in [3.05, 3.63) is 30.1 Å². The van der Waals surface area contributed by atoms with Crippen molar-refractivity contribution in [2.75, 3.05) is 32.8 Å². The van der Waals surface area contributed by atoms with E-state index in [0.29, 0.717) is 39.4 Å². The fraction of sp³-hybridized carbons (Fsp3) is 0.550. The third kappa shape index (κ3) is 5.29. The first kappa shape index (κ1) is 19.4. The predicted molar refractivity (Wildman–Crippen MR) is 103 cm³/mol. The van der Waals surface area contributed by atoms with Crippen LogP contribution in [0.2, 0.25) is 0 Å². The molecule has 0 aliphatic carbocycles. The van der Waals surface area contributed by atoms with Crippen LogP contribution in [0.3, 0.4) is 0 Å². The van der Waals surface area contributed by atoms with E-state index in [4.69, 9.17) is 9.72 Å². The number of imidazole rings is 1. The first-order chi connectivity index (χ1) is 13.1. The van der Waals surface area contributed by atoms with Crippen LogP contribution < -0.4 is 5.32 Å². The number of benzene rings is 1. The molecule has 1 aromatic heterocycles. The molecule has 7 nitrogen and oxygen atoms in total. The van der Waals surface area contributed by atoms with Gasteiger partial charge in [0.05, 0.1) is 24.2 Å². The monoisotopic (exact) mass is 372 g/mol. The number of carbonyl (C=O) groups is 2. The summed E-state index contributed by atoms with van der Waals surface area (Å²) in [5, 5.41) is 2.82. The zero-order valence-electron chi connectivity index (χ0n) is 15.9. The molecule has 0 radical (unpaired) electrons. The molecule has 1 fully saturated rings. The van der Waals surface area contributed by atoms with Gasteiger partial charge in [-0.05, 0) is 25.0 Å². The Labute approximate surface area is 159 Å². The molecule has 3 rings (SSSR count). The topological polar surface area (TPSA) is 76.5 Å². The number of aryl methyl sites for hydroxylation is 1. The maximum absolute atomic E-state index is 12.7. The Kier molecular flexibility index (Phi) is 6.81. The molecular weight excluding hydrogens is 344 g/mol. The fourth-order valence-corrected chi connectivity index (χ4v) is 3.39. The van der Waals surface area contributed by atoms with E-state index in [1.54, 1.807) is 0 Å². The summed E-state index contributed by atoms with van der Waals surface area (Å²) < 4.78 is 7.40. The Hall–Kier alpha value is -2.41. The smallest absolute Gasteiger partial charge is 0.242 e. The Bertz CT molecular complexity index is 781. The number of fused-ring (bicyclic) bond motifs is 1. The molecule has 1 N–H and O–H groups in total. The summed E-state index contributed by atoms with van der Waals surface area (Å²) in [6.45, 7) is 5.10. The van der Waals surface area contributed by atoms with Crippen molar-refractivity contribution in [3.63, 3.8) is 0 Å². The Balaban J connectivity index is 1.64. The lowest BCUT2D eigenvalue weighted by molar-refractivity contribution is -0.135. The van der Waals surface area contributed by atoms with Crippen LogP contribution in [0.15, 0.2) is 24.3 Å².